The van der Waals surface area contributed by atoms with Crippen molar-refractivity contribution in [1.82, 2.24) is 9.88 Å². The highest BCUT2D eigenvalue weighted by molar-refractivity contribution is 6.13. The largest absolute Gasteiger partial charge is 0.461 e. The number of pyridine rings is 1. The summed E-state index contributed by atoms with van der Waals surface area (Å²) in [6, 6.07) is 11.4. The van der Waals surface area contributed by atoms with Crippen molar-refractivity contribution in [3.05, 3.63) is 53.9 Å². The molecular formula is C20H22N4O2. The van der Waals surface area contributed by atoms with Gasteiger partial charge in [-0.1, -0.05) is 18.2 Å². The van der Waals surface area contributed by atoms with Crippen LogP contribution in [0.5, 0.6) is 0 Å². The molecule has 6 heteroatoms. The molecule has 1 amide bonds. The molecule has 0 saturated carbocycles. The van der Waals surface area contributed by atoms with Crippen LogP contribution in [0.2, 0.25) is 0 Å². The SMILES string of the molecule is Cc1oc2ccccc2c1C(=O)Nc1ccc(N2CCN(C)CC2)cn1. The second kappa shape index (κ2) is 6.80. The number of benzene rings is 1. The van der Waals surface area contributed by atoms with E-state index in [2.05, 4.69) is 27.1 Å². The number of anilines is 2. The van der Waals surface area contributed by atoms with E-state index in [-0.39, 0.29) is 5.91 Å². The molecule has 1 N–H and O–H groups in total. The fourth-order valence-electron chi connectivity index (χ4n) is 3.34. The summed E-state index contributed by atoms with van der Waals surface area (Å²) in [5.41, 5.74) is 2.36. The predicted octanol–water partition coefficient (Wildman–Crippen LogP) is 3.14. The van der Waals surface area contributed by atoms with Gasteiger partial charge in [0.25, 0.3) is 5.91 Å². The van der Waals surface area contributed by atoms with Gasteiger partial charge >= 0.3 is 0 Å². The Morgan fingerprint density at radius 1 is 1.12 bits per heavy atom. The summed E-state index contributed by atoms with van der Waals surface area (Å²) in [5.74, 6) is 0.947. The van der Waals surface area contributed by atoms with E-state index >= 15 is 0 Å². The zero-order chi connectivity index (χ0) is 18.1. The molecule has 3 heterocycles. The second-order valence-electron chi connectivity index (χ2n) is 6.68. The Morgan fingerprint density at radius 3 is 2.62 bits per heavy atom. The van der Waals surface area contributed by atoms with Crippen molar-refractivity contribution in [2.45, 2.75) is 6.92 Å². The van der Waals surface area contributed by atoms with Gasteiger partial charge in [0.05, 0.1) is 17.4 Å². The Bertz CT molecular complexity index is 925. The lowest BCUT2D eigenvalue weighted by molar-refractivity contribution is 0.102. The summed E-state index contributed by atoms with van der Waals surface area (Å²) in [4.78, 5) is 21.7. The fourth-order valence-corrected chi connectivity index (χ4v) is 3.34. The standard InChI is InChI=1S/C20H22N4O2/c1-14-19(16-5-3-4-6-17(16)26-14)20(25)22-18-8-7-15(13-21-18)24-11-9-23(2)10-12-24/h3-8,13H,9-12H2,1-2H3,(H,21,22,25). The summed E-state index contributed by atoms with van der Waals surface area (Å²) in [7, 11) is 2.13. The molecule has 4 rings (SSSR count). The van der Waals surface area contributed by atoms with Crippen LogP contribution in [-0.4, -0.2) is 49.0 Å². The Hall–Kier alpha value is -2.86. The van der Waals surface area contributed by atoms with Crippen molar-refractivity contribution in [2.75, 3.05) is 43.4 Å². The van der Waals surface area contributed by atoms with Crippen LogP contribution in [0.3, 0.4) is 0 Å². The number of fused-ring (bicyclic) bond motifs is 1. The van der Waals surface area contributed by atoms with E-state index in [1.807, 2.05) is 42.6 Å². The third kappa shape index (κ3) is 3.15. The van der Waals surface area contributed by atoms with Crippen LogP contribution in [0.1, 0.15) is 16.1 Å². The van der Waals surface area contributed by atoms with Crippen LogP contribution in [0, 0.1) is 6.92 Å². The Balaban J connectivity index is 1.50. The molecular weight excluding hydrogens is 328 g/mol. The highest BCUT2D eigenvalue weighted by Gasteiger charge is 2.19. The van der Waals surface area contributed by atoms with Gasteiger partial charge in [0.2, 0.25) is 0 Å². The Morgan fingerprint density at radius 2 is 1.88 bits per heavy atom. The summed E-state index contributed by atoms with van der Waals surface area (Å²) < 4.78 is 5.67. The zero-order valence-corrected chi connectivity index (χ0v) is 15.0. The van der Waals surface area contributed by atoms with E-state index in [4.69, 9.17) is 4.42 Å². The summed E-state index contributed by atoms with van der Waals surface area (Å²) >= 11 is 0. The predicted molar refractivity (Wildman–Crippen MR) is 103 cm³/mol. The lowest BCUT2D eigenvalue weighted by Gasteiger charge is -2.33. The molecule has 0 atom stereocenters. The van der Waals surface area contributed by atoms with Crippen molar-refractivity contribution >= 4 is 28.4 Å². The van der Waals surface area contributed by atoms with E-state index in [9.17, 15) is 4.79 Å². The van der Waals surface area contributed by atoms with Gasteiger partial charge in [0.1, 0.15) is 17.2 Å². The number of furan rings is 1. The van der Waals surface area contributed by atoms with Gasteiger partial charge < -0.3 is 19.5 Å². The first-order valence-electron chi connectivity index (χ1n) is 8.81. The number of amides is 1. The first kappa shape index (κ1) is 16.6. The number of para-hydroxylation sites is 1. The van der Waals surface area contributed by atoms with Crippen molar-refractivity contribution in [1.29, 1.82) is 0 Å². The molecule has 0 radical (unpaired) electrons. The van der Waals surface area contributed by atoms with Gasteiger partial charge in [-0.15, -0.1) is 0 Å². The monoisotopic (exact) mass is 350 g/mol. The van der Waals surface area contributed by atoms with E-state index < -0.39 is 0 Å². The number of nitrogens with one attached hydrogen (secondary N) is 1. The first-order chi connectivity index (χ1) is 12.6. The van der Waals surface area contributed by atoms with Crippen molar-refractivity contribution < 1.29 is 9.21 Å². The third-order valence-corrected chi connectivity index (χ3v) is 4.86. The number of carbonyl (C=O) groups excluding carboxylic acids is 1. The molecule has 0 spiro atoms. The van der Waals surface area contributed by atoms with Gasteiger partial charge in [0, 0.05) is 31.6 Å². The highest BCUT2D eigenvalue weighted by atomic mass is 16.3. The van der Waals surface area contributed by atoms with Gasteiger partial charge in [-0.2, -0.15) is 0 Å². The van der Waals surface area contributed by atoms with Crippen molar-refractivity contribution in [2.24, 2.45) is 0 Å². The van der Waals surface area contributed by atoms with Crippen molar-refractivity contribution in [3.63, 3.8) is 0 Å². The number of rotatable bonds is 3. The van der Waals surface area contributed by atoms with Crippen LogP contribution in [0.15, 0.2) is 47.0 Å². The number of piperazine rings is 1. The quantitative estimate of drug-likeness (QED) is 0.786. The zero-order valence-electron chi connectivity index (χ0n) is 15.0. The third-order valence-electron chi connectivity index (χ3n) is 4.86. The van der Waals surface area contributed by atoms with E-state index in [0.29, 0.717) is 22.7 Å². The minimum absolute atomic E-state index is 0.202. The number of likely N-dealkylation sites (N-methyl/N-ethyl adjacent to an activating group) is 1. The minimum Gasteiger partial charge on any atom is -0.461 e. The van der Waals surface area contributed by atoms with Crippen LogP contribution >= 0.6 is 0 Å². The van der Waals surface area contributed by atoms with Crippen LogP contribution < -0.4 is 10.2 Å². The van der Waals surface area contributed by atoms with Gasteiger partial charge in [-0.05, 0) is 32.2 Å². The second-order valence-corrected chi connectivity index (χ2v) is 6.68. The molecule has 1 aliphatic rings. The van der Waals surface area contributed by atoms with Gasteiger partial charge in [-0.25, -0.2) is 4.98 Å². The maximum absolute atomic E-state index is 12.7. The first-order valence-corrected chi connectivity index (χ1v) is 8.81. The van der Waals surface area contributed by atoms with Crippen molar-refractivity contribution in [3.8, 4) is 0 Å². The molecule has 1 saturated heterocycles. The van der Waals surface area contributed by atoms with Gasteiger partial charge in [-0.3, -0.25) is 4.79 Å². The molecule has 0 unspecified atom stereocenters. The molecule has 1 aromatic carbocycles. The van der Waals surface area contributed by atoms with Gasteiger partial charge in [0.15, 0.2) is 0 Å². The summed E-state index contributed by atoms with van der Waals surface area (Å²) in [5, 5.41) is 3.69. The summed E-state index contributed by atoms with van der Waals surface area (Å²) in [6.07, 6.45) is 1.82. The van der Waals surface area contributed by atoms with Crippen LogP contribution in [0.4, 0.5) is 11.5 Å². The highest BCUT2D eigenvalue weighted by Crippen LogP contribution is 2.26. The maximum atomic E-state index is 12.7. The molecule has 1 fully saturated rings. The topological polar surface area (TPSA) is 61.6 Å². The molecule has 0 bridgehead atoms. The molecule has 6 nitrogen and oxygen atoms in total. The molecule has 3 aromatic rings. The Labute approximate surface area is 152 Å². The molecule has 26 heavy (non-hydrogen) atoms. The minimum atomic E-state index is -0.202. The average Bonchev–Trinajstić information content (AvgIpc) is 2.99. The molecule has 0 aliphatic carbocycles. The number of aromatic nitrogens is 1. The average molecular weight is 350 g/mol. The fraction of sp³-hybridized carbons (Fsp3) is 0.300. The van der Waals surface area contributed by atoms with E-state index in [1.165, 1.54) is 0 Å². The Kier molecular flexibility index (Phi) is 4.34. The lowest BCUT2D eigenvalue weighted by Crippen LogP contribution is -2.44. The molecule has 134 valence electrons. The lowest BCUT2D eigenvalue weighted by atomic mass is 10.1. The molecule has 1 aliphatic heterocycles. The smallest absolute Gasteiger partial charge is 0.260 e. The number of hydrogen-bond acceptors (Lipinski definition) is 5. The van der Waals surface area contributed by atoms with Crippen LogP contribution in [0.25, 0.3) is 11.0 Å². The number of aryl methyl sites for hydroxylation is 1. The number of carbonyl (C=O) groups is 1. The van der Waals surface area contributed by atoms with Crippen LogP contribution in [-0.2, 0) is 0 Å². The van der Waals surface area contributed by atoms with E-state index in [0.717, 1.165) is 37.3 Å². The maximum Gasteiger partial charge on any atom is 0.260 e. The number of nitrogens with zero attached hydrogens (tertiary/aromatic N) is 3. The number of hydrogen-bond donors (Lipinski definition) is 1. The normalized spacial score (nSPS) is 15.4. The van der Waals surface area contributed by atoms with E-state index in [1.54, 1.807) is 6.92 Å². The molecule has 2 aromatic heterocycles. The summed E-state index contributed by atoms with van der Waals surface area (Å²) in [6.45, 7) is 5.88.